The maximum Gasteiger partial charge on any atom is 0.432 e. The predicted molar refractivity (Wildman–Crippen MR) is 287 cm³/mol. The topological polar surface area (TPSA) is 75.8 Å². The van der Waals surface area contributed by atoms with Crippen LogP contribution in [0.1, 0.15) is 94.1 Å². The summed E-state index contributed by atoms with van der Waals surface area (Å²) in [7, 11) is -7.56. The second kappa shape index (κ2) is 21.7. The molecule has 0 aromatic heterocycles. The van der Waals surface area contributed by atoms with E-state index in [9.17, 15) is 4.79 Å². The van der Waals surface area contributed by atoms with Crippen molar-refractivity contribution in [2.24, 2.45) is 0 Å². The smallest absolute Gasteiger partial charge is 0.432 e. The number of hydrogen-bond donors (Lipinski definition) is 0. The Morgan fingerprint density at radius 3 is 1.30 bits per heavy atom. The van der Waals surface area contributed by atoms with Crippen LogP contribution in [0.5, 0.6) is 0 Å². The number of hydrogen-bond acceptors (Lipinski definition) is 7. The van der Waals surface area contributed by atoms with Crippen molar-refractivity contribution in [3.63, 3.8) is 0 Å². The maximum absolute atomic E-state index is 15.5. The molecule has 0 radical (unpaired) electrons. The van der Waals surface area contributed by atoms with E-state index in [-0.39, 0.29) is 39.8 Å². The number of benzene rings is 5. The number of ether oxygens (including phenoxy) is 3. The Balaban J connectivity index is 1.37. The Bertz CT molecular complexity index is 2380. The van der Waals surface area contributed by atoms with Crippen molar-refractivity contribution in [3.05, 3.63) is 157 Å². The summed E-state index contributed by atoms with van der Waals surface area (Å²) in [4.78, 5) is 14.5. The summed E-state index contributed by atoms with van der Waals surface area (Å²) in [6.45, 7) is 26.7. The van der Waals surface area contributed by atoms with Crippen LogP contribution < -0.4 is 20.7 Å². The summed E-state index contributed by atoms with van der Waals surface area (Å²) < 4.78 is 86.4. The molecule has 6 rings (SSSR count). The molecule has 1 fully saturated rings. The van der Waals surface area contributed by atoms with Crippen molar-refractivity contribution >= 4 is 51.7 Å². The summed E-state index contributed by atoms with van der Waals surface area (Å²) in [5.74, 6) is -1.57. The van der Waals surface area contributed by atoms with Crippen LogP contribution in [-0.4, -0.2) is 81.3 Å². The zero-order valence-corrected chi connectivity index (χ0v) is 47.2. The van der Waals surface area contributed by atoms with Crippen LogP contribution >= 0.6 is 0 Å². The first kappa shape index (κ1) is 56.1. The molecule has 7 nitrogen and oxygen atoms in total. The third-order valence-electron chi connectivity index (χ3n) is 14.9. The number of methoxy groups -OCH3 is 1. The van der Waals surface area contributed by atoms with Crippen molar-refractivity contribution in [2.45, 2.75) is 152 Å². The number of alkyl halides is 3. The Morgan fingerprint density at radius 1 is 0.592 bits per heavy atom. The summed E-state index contributed by atoms with van der Waals surface area (Å²) >= 11 is 0. The van der Waals surface area contributed by atoms with Gasteiger partial charge in [-0.1, -0.05) is 214 Å². The standard InChI is InChI=1S/C58H77F3O7Si3/c1-53(2,3)69(12,13)68-45(39-41-64-70(54(4,5)6,46-31-21-15-22-32-46)47-33-23-16-24-34-47)43-56(10)51(67-56)50(66-52(62)57(63-11,58(59,60)61)44-29-19-14-20-30-44)40-42-65-71(55(7,8)9,48-35-25-17-26-36-48)49-37-27-18-28-38-49/h14-38,45,50-51H,39-43H2,1-13H3/t45-,50-,51+,56+,57+/m1/s1. The molecule has 1 saturated heterocycles. The van der Waals surface area contributed by atoms with Gasteiger partial charge in [0.1, 0.15) is 12.2 Å². The van der Waals surface area contributed by atoms with Crippen molar-refractivity contribution in [3.8, 4) is 0 Å². The molecule has 0 spiro atoms. The van der Waals surface area contributed by atoms with Gasteiger partial charge in [0, 0.05) is 38.7 Å². The number of rotatable bonds is 21. The highest BCUT2D eigenvalue weighted by Gasteiger charge is 2.66. The Hall–Kier alpha value is -4.19. The van der Waals surface area contributed by atoms with E-state index in [0.29, 0.717) is 19.4 Å². The first-order valence-electron chi connectivity index (χ1n) is 24.9. The summed E-state index contributed by atoms with van der Waals surface area (Å²) in [6.07, 6.45) is -6.54. The highest BCUT2D eigenvalue weighted by molar-refractivity contribution is 7.00. The molecule has 71 heavy (non-hydrogen) atoms. The summed E-state index contributed by atoms with van der Waals surface area (Å²) in [6, 6.07) is 48.2. The molecular weight excluding hydrogens is 950 g/mol. The van der Waals surface area contributed by atoms with E-state index in [0.717, 1.165) is 17.5 Å². The van der Waals surface area contributed by atoms with Crippen LogP contribution in [0.25, 0.3) is 0 Å². The Morgan fingerprint density at radius 2 is 0.958 bits per heavy atom. The molecule has 384 valence electrons. The van der Waals surface area contributed by atoms with Crippen molar-refractivity contribution in [1.29, 1.82) is 0 Å². The minimum Gasteiger partial charge on any atom is -0.457 e. The van der Waals surface area contributed by atoms with Gasteiger partial charge in [-0.15, -0.1) is 0 Å². The van der Waals surface area contributed by atoms with Crippen molar-refractivity contribution in [2.75, 3.05) is 20.3 Å². The van der Waals surface area contributed by atoms with Gasteiger partial charge in [-0.25, -0.2) is 4.79 Å². The van der Waals surface area contributed by atoms with Gasteiger partial charge >= 0.3 is 12.1 Å². The molecule has 1 heterocycles. The molecule has 1 aliphatic rings. The average Bonchev–Trinajstić information content (AvgIpc) is 3.98. The average molecular weight is 1030 g/mol. The molecule has 0 unspecified atom stereocenters. The molecular formula is C58H77F3O7Si3. The zero-order valence-electron chi connectivity index (χ0n) is 44.2. The van der Waals surface area contributed by atoms with Gasteiger partial charge in [-0.3, -0.25) is 0 Å². The van der Waals surface area contributed by atoms with E-state index in [2.05, 4.69) is 148 Å². The largest absolute Gasteiger partial charge is 0.457 e. The Labute approximate surface area is 425 Å². The lowest BCUT2D eigenvalue weighted by molar-refractivity contribution is -0.278. The fourth-order valence-electron chi connectivity index (χ4n) is 10.2. The maximum atomic E-state index is 15.5. The SMILES string of the molecule is CO[C@](C(=O)O[C@H](CCO[Si](c1ccccc1)(c1ccccc1)C(C)(C)C)[C@@H]1O[C@@]1(C)C[C@@H](CCO[Si](c1ccccc1)(c1ccccc1)C(C)(C)C)O[Si](C)(C)C(C)(C)C)(c1ccccc1)C(F)(F)F. The highest BCUT2D eigenvalue weighted by atomic mass is 28.4. The van der Waals surface area contributed by atoms with Crippen LogP contribution in [0.15, 0.2) is 152 Å². The number of halogens is 3. The number of epoxide rings is 1. The van der Waals surface area contributed by atoms with Crippen LogP contribution in [0, 0.1) is 0 Å². The third-order valence-corrected chi connectivity index (χ3v) is 29.5. The quantitative estimate of drug-likeness (QED) is 0.0412. The lowest BCUT2D eigenvalue weighted by atomic mass is 9.91. The minimum absolute atomic E-state index is 0.0493. The fourth-order valence-corrected chi connectivity index (χ4v) is 20.8. The van der Waals surface area contributed by atoms with Crippen molar-refractivity contribution in [1.82, 2.24) is 0 Å². The van der Waals surface area contributed by atoms with E-state index >= 15 is 13.2 Å². The van der Waals surface area contributed by atoms with Gasteiger partial charge in [0.2, 0.25) is 0 Å². The third kappa shape index (κ3) is 11.6. The lowest BCUT2D eigenvalue weighted by Crippen LogP contribution is -2.66. The van der Waals surface area contributed by atoms with Gasteiger partial charge in [-0.2, -0.15) is 13.2 Å². The molecule has 0 bridgehead atoms. The van der Waals surface area contributed by atoms with E-state index in [1.165, 1.54) is 34.6 Å². The molecule has 0 amide bonds. The second-order valence-electron chi connectivity index (χ2n) is 22.8. The Kier molecular flexibility index (Phi) is 17.2. The molecule has 5 aromatic rings. The van der Waals surface area contributed by atoms with Crippen LogP contribution in [0.4, 0.5) is 13.2 Å². The minimum atomic E-state index is -5.17. The first-order valence-corrected chi connectivity index (χ1v) is 31.7. The molecule has 5 aromatic carbocycles. The summed E-state index contributed by atoms with van der Waals surface area (Å²) in [5, 5.41) is 3.67. The normalized spacial score (nSPS) is 18.8. The van der Waals surface area contributed by atoms with E-state index in [1.54, 1.807) is 6.07 Å². The van der Waals surface area contributed by atoms with Gasteiger partial charge in [0.25, 0.3) is 22.2 Å². The van der Waals surface area contributed by atoms with Gasteiger partial charge in [0.05, 0.1) is 11.7 Å². The van der Waals surface area contributed by atoms with E-state index < -0.39 is 60.5 Å². The van der Waals surface area contributed by atoms with Gasteiger partial charge in [0.15, 0.2) is 8.32 Å². The predicted octanol–water partition coefficient (Wildman–Crippen LogP) is 11.9. The van der Waals surface area contributed by atoms with Crippen LogP contribution in [0.2, 0.25) is 28.2 Å². The van der Waals surface area contributed by atoms with Gasteiger partial charge in [-0.05, 0) is 62.3 Å². The second-order valence-corrected chi connectivity index (χ2v) is 36.2. The first-order chi connectivity index (χ1) is 33.2. The van der Waals surface area contributed by atoms with E-state index in [1.807, 2.05) is 55.5 Å². The molecule has 0 N–H and O–H groups in total. The van der Waals surface area contributed by atoms with Crippen LogP contribution in [-0.2, 0) is 37.9 Å². The summed E-state index contributed by atoms with van der Waals surface area (Å²) in [5.41, 5.74) is -4.73. The number of carbonyl (C=O) groups excluding carboxylic acids is 1. The monoisotopic (exact) mass is 1030 g/mol. The molecule has 0 saturated carbocycles. The van der Waals surface area contributed by atoms with Crippen molar-refractivity contribution < 1.29 is 45.5 Å². The van der Waals surface area contributed by atoms with Crippen LogP contribution in [0.3, 0.4) is 0 Å². The molecule has 13 heteroatoms. The fraction of sp³-hybridized carbons (Fsp3) is 0.466. The lowest BCUT2D eigenvalue weighted by Gasteiger charge is -2.44. The molecule has 1 aliphatic heterocycles. The molecule has 5 atom stereocenters. The zero-order chi connectivity index (χ0) is 52.2. The van der Waals surface area contributed by atoms with Gasteiger partial charge < -0.3 is 27.5 Å². The number of esters is 1. The number of carbonyl (C=O) groups is 1. The van der Waals surface area contributed by atoms with E-state index in [4.69, 9.17) is 27.5 Å². The highest BCUT2D eigenvalue weighted by Crippen LogP contribution is 2.49. The molecule has 0 aliphatic carbocycles.